The monoisotopic (exact) mass is 209 g/mol. The summed E-state index contributed by atoms with van der Waals surface area (Å²) in [6.07, 6.45) is 0.867. The molecule has 2 rings (SSSR count). The predicted molar refractivity (Wildman–Crippen MR) is 59.6 cm³/mol. The number of para-hydroxylation sites is 1. The molecule has 0 amide bonds. The quantitative estimate of drug-likeness (QED) is 0.689. The van der Waals surface area contributed by atoms with Crippen LogP contribution in [0.25, 0.3) is 10.9 Å². The van der Waals surface area contributed by atoms with Crippen molar-refractivity contribution in [2.75, 3.05) is 0 Å². The van der Waals surface area contributed by atoms with E-state index in [2.05, 4.69) is 17.1 Å². The normalized spacial score (nSPS) is 11.5. The van der Waals surface area contributed by atoms with Crippen LogP contribution in [0, 0.1) is 0 Å². The first-order valence-electron chi connectivity index (χ1n) is 4.08. The number of hydrogen-bond donors (Lipinski definition) is 0. The molecule has 2 aromatic rings. The van der Waals surface area contributed by atoms with Crippen molar-refractivity contribution < 1.29 is 0 Å². The van der Waals surface area contributed by atoms with Gasteiger partial charge in [-0.25, -0.2) is 0 Å². The van der Waals surface area contributed by atoms with Gasteiger partial charge in [0.2, 0.25) is 0 Å². The largest absolute Gasteiger partial charge is 0.252 e. The summed E-state index contributed by atoms with van der Waals surface area (Å²) >= 11 is 5.68. The van der Waals surface area contributed by atoms with E-state index in [4.69, 9.17) is 11.2 Å². The highest BCUT2D eigenvalue weighted by atomic mass is 35.7. The zero-order valence-electron chi connectivity index (χ0n) is 7.00. The molecule has 0 saturated heterocycles. The third-order valence-electron chi connectivity index (χ3n) is 1.90. The standard InChI is InChI=1S/C10H9ClNP/c11-13-7-9-6-5-8-3-1-2-4-10(8)12-9/h1-6,13H,7H2. The molecule has 0 saturated carbocycles. The Hall–Kier alpha value is -0.650. The molecule has 1 aromatic carbocycles. The van der Waals surface area contributed by atoms with Crippen molar-refractivity contribution in [2.24, 2.45) is 0 Å². The van der Waals surface area contributed by atoms with Crippen LogP contribution in [0.5, 0.6) is 0 Å². The summed E-state index contributed by atoms with van der Waals surface area (Å²) in [5.41, 5.74) is 2.13. The molecule has 1 heterocycles. The van der Waals surface area contributed by atoms with Gasteiger partial charge in [-0.05, 0) is 20.1 Å². The molecule has 13 heavy (non-hydrogen) atoms. The van der Waals surface area contributed by atoms with Crippen molar-refractivity contribution in [1.29, 1.82) is 0 Å². The summed E-state index contributed by atoms with van der Waals surface area (Å²) < 4.78 is 0. The number of halogens is 1. The average Bonchev–Trinajstić information content (AvgIpc) is 2.18. The van der Waals surface area contributed by atoms with E-state index in [0.717, 1.165) is 17.4 Å². The van der Waals surface area contributed by atoms with E-state index >= 15 is 0 Å². The van der Waals surface area contributed by atoms with Gasteiger partial charge in [-0.3, -0.25) is 4.98 Å². The Morgan fingerprint density at radius 3 is 2.85 bits per heavy atom. The number of aromatic nitrogens is 1. The lowest BCUT2D eigenvalue weighted by molar-refractivity contribution is 1.22. The summed E-state index contributed by atoms with van der Waals surface area (Å²) in [6.45, 7) is 0. The van der Waals surface area contributed by atoms with Crippen LogP contribution in [0.4, 0.5) is 0 Å². The minimum atomic E-state index is 0.416. The number of rotatable bonds is 2. The van der Waals surface area contributed by atoms with Crippen LogP contribution in [0.3, 0.4) is 0 Å². The van der Waals surface area contributed by atoms with E-state index in [0.29, 0.717) is 7.93 Å². The summed E-state index contributed by atoms with van der Waals surface area (Å²) in [7, 11) is 0.416. The summed E-state index contributed by atoms with van der Waals surface area (Å²) in [4.78, 5) is 4.49. The van der Waals surface area contributed by atoms with Crippen molar-refractivity contribution >= 4 is 30.1 Å². The van der Waals surface area contributed by atoms with Gasteiger partial charge in [0, 0.05) is 17.2 Å². The van der Waals surface area contributed by atoms with Crippen LogP contribution in [-0.4, -0.2) is 4.98 Å². The Balaban J connectivity index is 2.49. The second kappa shape index (κ2) is 4.04. The molecule has 1 atom stereocenters. The fourth-order valence-corrected chi connectivity index (χ4v) is 2.02. The molecule has 0 spiro atoms. The number of benzene rings is 1. The smallest absolute Gasteiger partial charge is 0.0705 e. The average molecular weight is 210 g/mol. The lowest BCUT2D eigenvalue weighted by atomic mass is 10.2. The van der Waals surface area contributed by atoms with E-state index in [9.17, 15) is 0 Å². The van der Waals surface area contributed by atoms with Gasteiger partial charge in [-0.15, -0.1) is 0 Å². The maximum Gasteiger partial charge on any atom is 0.0705 e. The Bertz CT molecular complexity index is 416. The second-order valence-electron chi connectivity index (χ2n) is 2.81. The van der Waals surface area contributed by atoms with Gasteiger partial charge < -0.3 is 0 Å². The number of pyridine rings is 1. The van der Waals surface area contributed by atoms with Crippen LogP contribution in [0.1, 0.15) is 5.69 Å². The summed E-state index contributed by atoms with van der Waals surface area (Å²) in [6, 6.07) is 12.2. The van der Waals surface area contributed by atoms with E-state index in [-0.39, 0.29) is 0 Å². The minimum Gasteiger partial charge on any atom is -0.252 e. The molecule has 0 aliphatic rings. The molecule has 66 valence electrons. The molecule has 3 heteroatoms. The minimum absolute atomic E-state index is 0.416. The van der Waals surface area contributed by atoms with Crippen LogP contribution in [0.15, 0.2) is 36.4 Å². The summed E-state index contributed by atoms with van der Waals surface area (Å²) in [5.74, 6) is 0. The van der Waals surface area contributed by atoms with Crippen molar-refractivity contribution in [3.8, 4) is 0 Å². The number of nitrogens with zero attached hydrogens (tertiary/aromatic N) is 1. The fourth-order valence-electron chi connectivity index (χ4n) is 1.28. The van der Waals surface area contributed by atoms with Gasteiger partial charge in [0.15, 0.2) is 0 Å². The van der Waals surface area contributed by atoms with E-state index in [1.165, 1.54) is 5.39 Å². The van der Waals surface area contributed by atoms with Gasteiger partial charge in [0.25, 0.3) is 0 Å². The highest BCUT2D eigenvalue weighted by Gasteiger charge is 1.96. The van der Waals surface area contributed by atoms with E-state index in [1.54, 1.807) is 0 Å². The molecule has 0 N–H and O–H groups in total. The van der Waals surface area contributed by atoms with Gasteiger partial charge in [-0.2, -0.15) is 0 Å². The SMILES string of the molecule is ClPCc1ccc2ccccc2n1. The topological polar surface area (TPSA) is 12.9 Å². The van der Waals surface area contributed by atoms with Gasteiger partial charge >= 0.3 is 0 Å². The number of fused-ring (bicyclic) bond motifs is 1. The molecular weight excluding hydrogens is 201 g/mol. The Morgan fingerprint density at radius 2 is 2.00 bits per heavy atom. The van der Waals surface area contributed by atoms with Crippen molar-refractivity contribution in [2.45, 2.75) is 6.16 Å². The first-order valence-corrected chi connectivity index (χ1v) is 6.30. The third-order valence-corrected chi connectivity index (χ3v) is 2.80. The van der Waals surface area contributed by atoms with Crippen molar-refractivity contribution in [3.05, 3.63) is 42.1 Å². The number of hydrogen-bond acceptors (Lipinski definition) is 1. The molecule has 1 aromatic heterocycles. The molecule has 0 aliphatic heterocycles. The zero-order chi connectivity index (χ0) is 9.10. The summed E-state index contributed by atoms with van der Waals surface area (Å²) in [5, 5.41) is 1.18. The lowest BCUT2D eigenvalue weighted by Crippen LogP contribution is -1.85. The molecule has 0 radical (unpaired) electrons. The fraction of sp³-hybridized carbons (Fsp3) is 0.100. The van der Waals surface area contributed by atoms with Crippen LogP contribution in [0.2, 0.25) is 0 Å². The maximum atomic E-state index is 5.68. The molecular formula is C10H9ClNP. The molecule has 1 nitrogen and oxygen atoms in total. The Morgan fingerprint density at radius 1 is 1.15 bits per heavy atom. The van der Waals surface area contributed by atoms with Gasteiger partial charge in [0.05, 0.1) is 5.52 Å². The molecule has 0 fully saturated rings. The van der Waals surface area contributed by atoms with E-state index in [1.807, 2.05) is 24.3 Å². The van der Waals surface area contributed by atoms with Crippen LogP contribution in [-0.2, 0) is 6.16 Å². The lowest BCUT2D eigenvalue weighted by Gasteiger charge is -1.99. The zero-order valence-corrected chi connectivity index (χ0v) is 8.75. The second-order valence-corrected chi connectivity index (χ2v) is 4.23. The van der Waals surface area contributed by atoms with Crippen LogP contribution >= 0.6 is 19.2 Å². The van der Waals surface area contributed by atoms with Crippen LogP contribution < -0.4 is 0 Å². The first-order chi connectivity index (χ1) is 6.40. The third kappa shape index (κ3) is 1.99. The van der Waals surface area contributed by atoms with Crippen molar-refractivity contribution in [1.82, 2.24) is 4.98 Å². The van der Waals surface area contributed by atoms with Crippen molar-refractivity contribution in [3.63, 3.8) is 0 Å². The Labute approximate surface area is 83.7 Å². The molecule has 1 unspecified atom stereocenters. The predicted octanol–water partition coefficient (Wildman–Crippen LogP) is 3.57. The van der Waals surface area contributed by atoms with Gasteiger partial charge in [-0.1, -0.05) is 35.5 Å². The van der Waals surface area contributed by atoms with E-state index < -0.39 is 0 Å². The molecule has 0 bridgehead atoms. The maximum absolute atomic E-state index is 5.68. The first kappa shape index (κ1) is 8.93. The van der Waals surface area contributed by atoms with Gasteiger partial charge in [0.1, 0.15) is 0 Å². The highest BCUT2D eigenvalue weighted by Crippen LogP contribution is 2.22. The molecule has 0 aliphatic carbocycles. The highest BCUT2D eigenvalue weighted by molar-refractivity contribution is 7.67. The Kier molecular flexibility index (Phi) is 2.77.